The Morgan fingerprint density at radius 1 is 1.27 bits per heavy atom. The van der Waals surface area contributed by atoms with Gasteiger partial charge in [0, 0.05) is 4.70 Å². The minimum atomic E-state index is 0.696. The van der Waals surface area contributed by atoms with Crippen molar-refractivity contribution in [2.75, 3.05) is 5.73 Å². The summed E-state index contributed by atoms with van der Waals surface area (Å²) in [5.41, 5.74) is 7.42. The molecule has 0 amide bonds. The smallest absolute Gasteiger partial charge is 0.0980 e. The van der Waals surface area contributed by atoms with Crippen LogP contribution in [0, 0.1) is 0 Å². The van der Waals surface area contributed by atoms with Gasteiger partial charge in [0.1, 0.15) is 0 Å². The second-order valence-electron chi connectivity index (χ2n) is 3.35. The highest BCUT2D eigenvalue weighted by Gasteiger charge is 2.08. The number of H-pyrrole nitrogens is 1. The number of rotatable bonds is 1. The number of hydrogen-bond acceptors (Lipinski definition) is 3. The minimum Gasteiger partial charge on any atom is -0.396 e. The number of nitrogen functional groups attached to an aromatic ring is 1. The van der Waals surface area contributed by atoms with Crippen molar-refractivity contribution in [2.24, 2.45) is 0 Å². The first-order valence-electron chi connectivity index (χ1n) is 4.62. The molecule has 4 heteroatoms. The van der Waals surface area contributed by atoms with E-state index in [4.69, 9.17) is 5.73 Å². The van der Waals surface area contributed by atoms with Crippen LogP contribution >= 0.6 is 11.3 Å². The molecule has 0 saturated carbocycles. The zero-order valence-electron chi connectivity index (χ0n) is 7.90. The van der Waals surface area contributed by atoms with E-state index in [-0.39, 0.29) is 0 Å². The summed E-state index contributed by atoms with van der Waals surface area (Å²) in [6.07, 6.45) is 1.64. The van der Waals surface area contributed by atoms with Crippen LogP contribution in [0.1, 0.15) is 0 Å². The third-order valence-corrected chi connectivity index (χ3v) is 3.47. The SMILES string of the molecule is Nc1cn[nH]c1-c1cc2ccccc2s1. The van der Waals surface area contributed by atoms with E-state index >= 15 is 0 Å². The van der Waals surface area contributed by atoms with Crippen LogP contribution in [0.5, 0.6) is 0 Å². The third-order valence-electron chi connectivity index (χ3n) is 2.34. The van der Waals surface area contributed by atoms with Crippen LogP contribution in [0.4, 0.5) is 5.69 Å². The summed E-state index contributed by atoms with van der Waals surface area (Å²) in [7, 11) is 0. The fraction of sp³-hybridized carbons (Fsp3) is 0. The van der Waals surface area contributed by atoms with Gasteiger partial charge in [0.05, 0.1) is 22.5 Å². The second kappa shape index (κ2) is 3.10. The summed E-state index contributed by atoms with van der Waals surface area (Å²) >= 11 is 1.72. The maximum Gasteiger partial charge on any atom is 0.0980 e. The van der Waals surface area contributed by atoms with E-state index in [0.29, 0.717) is 5.69 Å². The lowest BCUT2D eigenvalue weighted by atomic mass is 10.2. The summed E-state index contributed by atoms with van der Waals surface area (Å²) < 4.78 is 1.27. The van der Waals surface area contributed by atoms with Crippen LogP contribution in [0.25, 0.3) is 20.7 Å². The predicted octanol–water partition coefficient (Wildman–Crippen LogP) is 2.87. The van der Waals surface area contributed by atoms with Crippen LogP contribution < -0.4 is 5.73 Å². The summed E-state index contributed by atoms with van der Waals surface area (Å²) in [6, 6.07) is 10.4. The number of hydrogen-bond donors (Lipinski definition) is 2. The van der Waals surface area contributed by atoms with Gasteiger partial charge in [-0.2, -0.15) is 5.10 Å². The van der Waals surface area contributed by atoms with Crippen molar-refractivity contribution in [2.45, 2.75) is 0 Å². The molecule has 0 fully saturated rings. The van der Waals surface area contributed by atoms with Gasteiger partial charge >= 0.3 is 0 Å². The number of aromatic nitrogens is 2. The molecule has 3 N–H and O–H groups in total. The van der Waals surface area contributed by atoms with Crippen molar-refractivity contribution in [3.63, 3.8) is 0 Å². The van der Waals surface area contributed by atoms with E-state index in [1.54, 1.807) is 17.5 Å². The van der Waals surface area contributed by atoms with Gasteiger partial charge in [-0.05, 0) is 17.5 Å². The Morgan fingerprint density at radius 2 is 2.13 bits per heavy atom. The van der Waals surface area contributed by atoms with E-state index in [1.165, 1.54) is 10.1 Å². The maximum absolute atomic E-state index is 5.81. The van der Waals surface area contributed by atoms with Crippen LogP contribution in [-0.4, -0.2) is 10.2 Å². The molecule has 74 valence electrons. The van der Waals surface area contributed by atoms with Gasteiger partial charge in [0.15, 0.2) is 0 Å². The van der Waals surface area contributed by atoms with Gasteiger partial charge in [-0.15, -0.1) is 11.3 Å². The van der Waals surface area contributed by atoms with Crippen LogP contribution in [0.2, 0.25) is 0 Å². The number of anilines is 1. The second-order valence-corrected chi connectivity index (χ2v) is 4.43. The lowest BCUT2D eigenvalue weighted by Gasteiger charge is -1.91. The topological polar surface area (TPSA) is 54.7 Å². The molecule has 0 bridgehead atoms. The summed E-state index contributed by atoms with van der Waals surface area (Å²) in [5.74, 6) is 0. The number of thiophene rings is 1. The Labute approximate surface area is 90.5 Å². The normalized spacial score (nSPS) is 10.9. The Bertz CT molecular complexity index is 576. The summed E-state index contributed by atoms with van der Waals surface area (Å²) in [4.78, 5) is 1.13. The monoisotopic (exact) mass is 215 g/mol. The maximum atomic E-state index is 5.81. The Balaban J connectivity index is 2.24. The van der Waals surface area contributed by atoms with E-state index in [1.807, 2.05) is 12.1 Å². The predicted molar refractivity (Wildman–Crippen MR) is 63.8 cm³/mol. The number of aromatic amines is 1. The Morgan fingerprint density at radius 3 is 2.87 bits per heavy atom. The van der Waals surface area contributed by atoms with Crippen LogP contribution in [0.3, 0.4) is 0 Å². The quantitative estimate of drug-likeness (QED) is 0.655. The van der Waals surface area contributed by atoms with Gasteiger partial charge < -0.3 is 5.73 Å². The molecule has 0 saturated heterocycles. The van der Waals surface area contributed by atoms with Gasteiger partial charge in [-0.1, -0.05) is 18.2 Å². The van der Waals surface area contributed by atoms with E-state index in [0.717, 1.165) is 10.6 Å². The summed E-state index contributed by atoms with van der Waals surface area (Å²) in [5, 5.41) is 8.09. The average molecular weight is 215 g/mol. The van der Waals surface area contributed by atoms with Crippen molar-refractivity contribution in [3.05, 3.63) is 36.5 Å². The first kappa shape index (κ1) is 8.49. The molecule has 0 atom stereocenters. The fourth-order valence-electron chi connectivity index (χ4n) is 1.60. The number of nitrogens with two attached hydrogens (primary N) is 1. The van der Waals surface area contributed by atoms with Crippen LogP contribution in [-0.2, 0) is 0 Å². The fourth-order valence-corrected chi connectivity index (χ4v) is 2.68. The Kier molecular flexibility index (Phi) is 1.76. The lowest BCUT2D eigenvalue weighted by molar-refractivity contribution is 1.10. The van der Waals surface area contributed by atoms with Crippen molar-refractivity contribution in [1.82, 2.24) is 10.2 Å². The van der Waals surface area contributed by atoms with Crippen molar-refractivity contribution in [1.29, 1.82) is 0 Å². The van der Waals surface area contributed by atoms with Gasteiger partial charge in [-0.25, -0.2) is 0 Å². The zero-order valence-corrected chi connectivity index (χ0v) is 8.71. The first-order valence-corrected chi connectivity index (χ1v) is 5.44. The van der Waals surface area contributed by atoms with Crippen LogP contribution in [0.15, 0.2) is 36.5 Å². The van der Waals surface area contributed by atoms with Gasteiger partial charge in [-0.3, -0.25) is 5.10 Å². The van der Waals surface area contributed by atoms with Gasteiger partial charge in [0.2, 0.25) is 0 Å². The highest BCUT2D eigenvalue weighted by Crippen LogP contribution is 2.34. The number of fused-ring (bicyclic) bond motifs is 1. The molecule has 2 aromatic heterocycles. The zero-order chi connectivity index (χ0) is 10.3. The molecule has 0 unspecified atom stereocenters. The molecule has 0 aliphatic heterocycles. The van der Waals surface area contributed by atoms with Crippen molar-refractivity contribution in [3.8, 4) is 10.6 Å². The average Bonchev–Trinajstić information content (AvgIpc) is 2.82. The molecular weight excluding hydrogens is 206 g/mol. The Hall–Kier alpha value is -1.81. The molecule has 3 nitrogen and oxygen atoms in total. The van der Waals surface area contributed by atoms with E-state index in [2.05, 4.69) is 28.4 Å². The third kappa shape index (κ3) is 1.30. The number of benzene rings is 1. The lowest BCUT2D eigenvalue weighted by Crippen LogP contribution is -1.83. The highest BCUT2D eigenvalue weighted by atomic mass is 32.1. The number of nitrogens with zero attached hydrogens (tertiary/aromatic N) is 1. The van der Waals surface area contributed by atoms with E-state index in [9.17, 15) is 0 Å². The molecule has 15 heavy (non-hydrogen) atoms. The minimum absolute atomic E-state index is 0.696. The molecule has 0 aliphatic carbocycles. The molecule has 0 spiro atoms. The summed E-state index contributed by atoms with van der Waals surface area (Å²) in [6.45, 7) is 0. The van der Waals surface area contributed by atoms with E-state index < -0.39 is 0 Å². The standard InChI is InChI=1S/C11H9N3S/c12-8-6-13-14-11(8)10-5-7-3-1-2-4-9(7)15-10/h1-6H,12H2,(H,13,14). The molecule has 3 rings (SSSR count). The molecule has 2 heterocycles. The molecule has 3 aromatic rings. The van der Waals surface area contributed by atoms with Crippen molar-refractivity contribution < 1.29 is 0 Å². The molecule has 0 radical (unpaired) electrons. The molecular formula is C11H9N3S. The highest BCUT2D eigenvalue weighted by molar-refractivity contribution is 7.22. The largest absolute Gasteiger partial charge is 0.396 e. The molecule has 0 aliphatic rings. The van der Waals surface area contributed by atoms with Crippen molar-refractivity contribution >= 4 is 27.1 Å². The van der Waals surface area contributed by atoms with Gasteiger partial charge in [0.25, 0.3) is 0 Å². The first-order chi connectivity index (χ1) is 7.34. The number of nitrogens with one attached hydrogen (secondary N) is 1. The molecule has 1 aromatic carbocycles.